The van der Waals surface area contributed by atoms with E-state index < -0.39 is 0 Å². The maximum Gasteiger partial charge on any atom is 0.220 e. The Morgan fingerprint density at radius 3 is 2.69 bits per heavy atom. The number of methoxy groups -OCH3 is 1. The van der Waals surface area contributed by atoms with E-state index >= 15 is 0 Å². The summed E-state index contributed by atoms with van der Waals surface area (Å²) in [5, 5.41) is 3.09. The summed E-state index contributed by atoms with van der Waals surface area (Å²) in [6, 6.07) is 14.9. The van der Waals surface area contributed by atoms with Gasteiger partial charge in [0.1, 0.15) is 23.4 Å². The third kappa shape index (κ3) is 5.84. The highest BCUT2D eigenvalue weighted by Gasteiger charge is 2.21. The Bertz CT molecular complexity index is 940. The van der Waals surface area contributed by atoms with Crippen LogP contribution in [-0.4, -0.2) is 29.2 Å². The van der Waals surface area contributed by atoms with Gasteiger partial charge in [-0.1, -0.05) is 28.1 Å². The van der Waals surface area contributed by atoms with Crippen LogP contribution in [0.25, 0.3) is 0 Å². The van der Waals surface area contributed by atoms with Gasteiger partial charge in [-0.25, -0.2) is 4.98 Å². The molecule has 0 aliphatic rings. The molecule has 3 rings (SSSR count). The lowest BCUT2D eigenvalue weighted by Gasteiger charge is -2.20. The van der Waals surface area contributed by atoms with Gasteiger partial charge in [-0.15, -0.1) is 0 Å². The van der Waals surface area contributed by atoms with E-state index in [1.54, 1.807) is 13.3 Å². The molecule has 1 unspecified atom stereocenters. The number of nitrogens with one attached hydrogen (secondary N) is 1. The van der Waals surface area contributed by atoms with Crippen molar-refractivity contribution in [3.63, 3.8) is 0 Å². The zero-order chi connectivity index (χ0) is 20.6. The predicted molar refractivity (Wildman–Crippen MR) is 115 cm³/mol. The van der Waals surface area contributed by atoms with Crippen molar-refractivity contribution in [2.24, 2.45) is 7.05 Å². The Balaban J connectivity index is 1.60. The molecule has 3 aromatic rings. The summed E-state index contributed by atoms with van der Waals surface area (Å²) in [4.78, 5) is 17.0. The second-order valence-electron chi connectivity index (χ2n) is 6.58. The molecule has 1 heterocycles. The van der Waals surface area contributed by atoms with Gasteiger partial charge in [-0.3, -0.25) is 4.79 Å². The van der Waals surface area contributed by atoms with Gasteiger partial charge in [0.25, 0.3) is 0 Å². The van der Waals surface area contributed by atoms with Crippen LogP contribution in [0, 0.1) is 0 Å². The highest BCUT2D eigenvalue weighted by molar-refractivity contribution is 9.10. The number of imidazole rings is 1. The standard InChI is InChI=1S/C22H24BrN3O3/c1-26-13-12-24-22(26)21(16-5-3-6-19(15-16)28-2)25-20(27)7-4-14-29-18-10-8-17(23)9-11-18/h3,5-6,8-13,15,21H,4,7,14H2,1-2H3,(H,25,27). The van der Waals surface area contributed by atoms with Crippen LogP contribution in [0.5, 0.6) is 11.5 Å². The summed E-state index contributed by atoms with van der Waals surface area (Å²) in [5.74, 6) is 2.23. The summed E-state index contributed by atoms with van der Waals surface area (Å²) in [5.41, 5.74) is 0.915. The fourth-order valence-electron chi connectivity index (χ4n) is 2.96. The second-order valence-corrected chi connectivity index (χ2v) is 7.50. The average molecular weight is 458 g/mol. The lowest BCUT2D eigenvalue weighted by molar-refractivity contribution is -0.121. The van der Waals surface area contributed by atoms with Crippen LogP contribution < -0.4 is 14.8 Å². The van der Waals surface area contributed by atoms with Crippen LogP contribution in [-0.2, 0) is 11.8 Å². The molecule has 152 valence electrons. The molecule has 0 saturated carbocycles. The molecule has 0 bridgehead atoms. The fourth-order valence-corrected chi connectivity index (χ4v) is 3.22. The zero-order valence-corrected chi connectivity index (χ0v) is 18.1. The average Bonchev–Trinajstić information content (AvgIpc) is 3.16. The Kier molecular flexibility index (Phi) is 7.30. The summed E-state index contributed by atoms with van der Waals surface area (Å²) < 4.78 is 13.9. The van der Waals surface area contributed by atoms with Crippen LogP contribution in [0.2, 0.25) is 0 Å². The molecule has 0 aliphatic heterocycles. The summed E-state index contributed by atoms with van der Waals surface area (Å²) in [7, 11) is 3.53. The van der Waals surface area contributed by atoms with Crippen molar-refractivity contribution in [2.45, 2.75) is 18.9 Å². The van der Waals surface area contributed by atoms with Crippen LogP contribution in [0.15, 0.2) is 65.4 Å². The highest BCUT2D eigenvalue weighted by Crippen LogP contribution is 2.24. The second kappa shape index (κ2) is 10.1. The lowest BCUT2D eigenvalue weighted by Crippen LogP contribution is -2.31. The number of ether oxygens (including phenoxy) is 2. The van der Waals surface area contributed by atoms with Crippen molar-refractivity contribution in [1.82, 2.24) is 14.9 Å². The summed E-state index contributed by atoms with van der Waals surface area (Å²) in [6.07, 6.45) is 4.57. The molecule has 0 fully saturated rings. The molecule has 6 nitrogen and oxygen atoms in total. The maximum atomic E-state index is 12.6. The van der Waals surface area contributed by atoms with Crippen molar-refractivity contribution in [2.75, 3.05) is 13.7 Å². The van der Waals surface area contributed by atoms with Gasteiger partial charge in [0.05, 0.1) is 13.7 Å². The number of carbonyl (C=O) groups excluding carboxylic acids is 1. The number of benzene rings is 2. The number of halogens is 1. The molecule has 1 aromatic heterocycles. The third-order valence-corrected chi connectivity index (χ3v) is 5.01. The largest absolute Gasteiger partial charge is 0.497 e. The maximum absolute atomic E-state index is 12.6. The summed E-state index contributed by atoms with van der Waals surface area (Å²) >= 11 is 3.40. The zero-order valence-electron chi connectivity index (χ0n) is 16.5. The molecule has 2 aromatic carbocycles. The van der Waals surface area contributed by atoms with E-state index in [1.165, 1.54) is 0 Å². The van der Waals surface area contributed by atoms with Crippen molar-refractivity contribution in [1.29, 1.82) is 0 Å². The first-order chi connectivity index (χ1) is 14.1. The van der Waals surface area contributed by atoms with Crippen LogP contribution in [0.3, 0.4) is 0 Å². The normalized spacial score (nSPS) is 11.7. The van der Waals surface area contributed by atoms with E-state index in [9.17, 15) is 4.79 Å². The molecule has 1 amide bonds. The quantitative estimate of drug-likeness (QED) is 0.487. The molecule has 29 heavy (non-hydrogen) atoms. The lowest BCUT2D eigenvalue weighted by atomic mass is 10.1. The van der Waals surface area contributed by atoms with E-state index in [1.807, 2.05) is 66.3 Å². The number of hydrogen-bond acceptors (Lipinski definition) is 4. The van der Waals surface area contributed by atoms with Gasteiger partial charge >= 0.3 is 0 Å². The molecule has 0 radical (unpaired) electrons. The Labute approximate surface area is 179 Å². The number of aryl methyl sites for hydroxylation is 1. The van der Waals surface area contributed by atoms with E-state index in [2.05, 4.69) is 26.2 Å². The molecule has 0 spiro atoms. The molecule has 0 aliphatic carbocycles. The van der Waals surface area contributed by atoms with Crippen molar-refractivity contribution in [3.8, 4) is 11.5 Å². The molecule has 1 N–H and O–H groups in total. The first-order valence-electron chi connectivity index (χ1n) is 9.35. The highest BCUT2D eigenvalue weighted by atomic mass is 79.9. The van der Waals surface area contributed by atoms with Gasteiger partial charge in [0, 0.05) is 30.3 Å². The van der Waals surface area contributed by atoms with Gasteiger partial charge < -0.3 is 19.4 Å². The van der Waals surface area contributed by atoms with Gasteiger partial charge in [-0.05, 0) is 48.4 Å². The number of nitrogens with zero attached hydrogens (tertiary/aromatic N) is 2. The van der Waals surface area contributed by atoms with Gasteiger partial charge in [-0.2, -0.15) is 0 Å². The minimum Gasteiger partial charge on any atom is -0.497 e. The van der Waals surface area contributed by atoms with E-state index in [-0.39, 0.29) is 11.9 Å². The monoisotopic (exact) mass is 457 g/mol. The van der Waals surface area contributed by atoms with E-state index in [0.717, 1.165) is 27.4 Å². The number of amides is 1. The Morgan fingerprint density at radius 1 is 1.21 bits per heavy atom. The first-order valence-corrected chi connectivity index (χ1v) is 10.1. The van der Waals surface area contributed by atoms with Crippen molar-refractivity contribution in [3.05, 3.63) is 76.8 Å². The molecule has 1 atom stereocenters. The van der Waals surface area contributed by atoms with E-state index in [0.29, 0.717) is 19.4 Å². The Hall–Kier alpha value is -2.80. The van der Waals surface area contributed by atoms with Crippen LogP contribution in [0.1, 0.15) is 30.3 Å². The van der Waals surface area contributed by atoms with E-state index in [4.69, 9.17) is 9.47 Å². The molecular formula is C22H24BrN3O3. The van der Waals surface area contributed by atoms with Gasteiger partial charge in [0.2, 0.25) is 5.91 Å². The topological polar surface area (TPSA) is 65.4 Å². The number of rotatable bonds is 9. The molecular weight excluding hydrogens is 434 g/mol. The number of hydrogen-bond donors (Lipinski definition) is 1. The first kappa shape index (κ1) is 20.9. The number of carbonyl (C=O) groups is 1. The van der Waals surface area contributed by atoms with Crippen molar-refractivity contribution >= 4 is 21.8 Å². The number of aromatic nitrogens is 2. The van der Waals surface area contributed by atoms with Gasteiger partial charge in [0.15, 0.2) is 0 Å². The fraction of sp³-hybridized carbons (Fsp3) is 0.273. The molecule has 0 saturated heterocycles. The third-order valence-electron chi connectivity index (χ3n) is 4.48. The SMILES string of the molecule is COc1cccc(C(NC(=O)CCCOc2ccc(Br)cc2)c2nccn2C)c1. The summed E-state index contributed by atoms with van der Waals surface area (Å²) in [6.45, 7) is 0.473. The smallest absolute Gasteiger partial charge is 0.220 e. The minimum absolute atomic E-state index is 0.0553. The van der Waals surface area contributed by atoms with Crippen molar-refractivity contribution < 1.29 is 14.3 Å². The Morgan fingerprint density at radius 2 is 2.00 bits per heavy atom. The molecule has 7 heteroatoms. The van der Waals surface area contributed by atoms with Crippen LogP contribution >= 0.6 is 15.9 Å². The van der Waals surface area contributed by atoms with Crippen LogP contribution in [0.4, 0.5) is 0 Å². The predicted octanol–water partition coefficient (Wildman–Crippen LogP) is 4.26. The minimum atomic E-state index is -0.356.